The molecule has 0 aromatic carbocycles. The van der Waals surface area contributed by atoms with Gasteiger partial charge in [-0.15, -0.1) is 0 Å². The number of fused-ring (bicyclic) bond motifs is 1. The van der Waals surface area contributed by atoms with E-state index < -0.39 is 0 Å². The average Bonchev–Trinajstić information content (AvgIpc) is 2.10. The van der Waals surface area contributed by atoms with Gasteiger partial charge in [0.1, 0.15) is 11.6 Å². The Morgan fingerprint density at radius 2 is 1.79 bits per heavy atom. The molecule has 0 radical (unpaired) electrons. The molecule has 0 aromatic heterocycles. The van der Waals surface area contributed by atoms with Crippen molar-refractivity contribution >= 4 is 11.6 Å². The van der Waals surface area contributed by atoms with E-state index in [0.717, 1.165) is 25.7 Å². The molecule has 2 aliphatic rings. The molecule has 14 heavy (non-hydrogen) atoms. The molecular formula is C12H18O2. The number of rotatable bonds is 0. The first-order chi connectivity index (χ1) is 6.48. The summed E-state index contributed by atoms with van der Waals surface area (Å²) in [5.41, 5.74) is -0.253. The van der Waals surface area contributed by atoms with Crippen LogP contribution in [0.15, 0.2) is 0 Å². The van der Waals surface area contributed by atoms with E-state index in [2.05, 4.69) is 13.8 Å². The molecule has 0 saturated heterocycles. The van der Waals surface area contributed by atoms with Crippen LogP contribution in [0.25, 0.3) is 0 Å². The van der Waals surface area contributed by atoms with Gasteiger partial charge in [-0.05, 0) is 24.7 Å². The van der Waals surface area contributed by atoms with E-state index in [1.165, 1.54) is 0 Å². The predicted octanol–water partition coefficient (Wildman–Crippen LogP) is 2.51. The minimum Gasteiger partial charge on any atom is -0.300 e. The molecule has 78 valence electrons. The van der Waals surface area contributed by atoms with Gasteiger partial charge in [-0.1, -0.05) is 13.8 Å². The second-order valence-electron chi connectivity index (χ2n) is 5.38. The summed E-state index contributed by atoms with van der Waals surface area (Å²) in [5.74, 6) is 0.735. The molecule has 0 aliphatic heterocycles. The SMILES string of the molecule is CC12CCCC(=O)C1(C)CCC(=O)C2. The second-order valence-corrected chi connectivity index (χ2v) is 5.38. The number of hydrogen-bond donors (Lipinski definition) is 0. The summed E-state index contributed by atoms with van der Waals surface area (Å²) in [6.45, 7) is 4.20. The molecule has 2 heteroatoms. The quantitative estimate of drug-likeness (QED) is 0.593. The molecule has 0 heterocycles. The summed E-state index contributed by atoms with van der Waals surface area (Å²) in [6.07, 6.45) is 4.74. The highest BCUT2D eigenvalue weighted by Crippen LogP contribution is 2.55. The van der Waals surface area contributed by atoms with Crippen LogP contribution >= 0.6 is 0 Å². The molecule has 0 spiro atoms. The Labute approximate surface area is 85.1 Å². The van der Waals surface area contributed by atoms with Crippen molar-refractivity contribution in [3.63, 3.8) is 0 Å². The predicted molar refractivity (Wildman–Crippen MR) is 53.9 cm³/mol. The minimum absolute atomic E-state index is 0.0440. The van der Waals surface area contributed by atoms with Crippen LogP contribution in [0.1, 0.15) is 52.4 Å². The molecule has 2 rings (SSSR count). The van der Waals surface area contributed by atoms with Crippen LogP contribution in [0.4, 0.5) is 0 Å². The number of Topliss-reactive ketones (excluding diaryl/α,β-unsaturated/α-hetero) is 2. The van der Waals surface area contributed by atoms with Gasteiger partial charge in [-0.3, -0.25) is 9.59 Å². The van der Waals surface area contributed by atoms with Crippen LogP contribution in [0, 0.1) is 10.8 Å². The van der Waals surface area contributed by atoms with Crippen molar-refractivity contribution in [2.75, 3.05) is 0 Å². The summed E-state index contributed by atoms with van der Waals surface area (Å²) in [7, 11) is 0. The Morgan fingerprint density at radius 1 is 1.07 bits per heavy atom. The Balaban J connectivity index is 2.36. The Bertz CT molecular complexity index is 295. The van der Waals surface area contributed by atoms with Crippen molar-refractivity contribution < 1.29 is 9.59 Å². The average molecular weight is 194 g/mol. The van der Waals surface area contributed by atoms with Crippen LogP contribution in [-0.2, 0) is 9.59 Å². The van der Waals surface area contributed by atoms with E-state index in [0.29, 0.717) is 24.4 Å². The lowest BCUT2D eigenvalue weighted by Gasteiger charge is -2.51. The fourth-order valence-electron chi connectivity index (χ4n) is 3.17. The number of hydrogen-bond acceptors (Lipinski definition) is 2. The van der Waals surface area contributed by atoms with Gasteiger partial charge >= 0.3 is 0 Å². The summed E-state index contributed by atoms with van der Waals surface area (Å²) in [5, 5.41) is 0. The zero-order valence-corrected chi connectivity index (χ0v) is 9.06. The van der Waals surface area contributed by atoms with Crippen molar-refractivity contribution in [1.82, 2.24) is 0 Å². The van der Waals surface area contributed by atoms with Gasteiger partial charge in [0.2, 0.25) is 0 Å². The summed E-state index contributed by atoms with van der Waals surface area (Å²) >= 11 is 0. The van der Waals surface area contributed by atoms with Crippen molar-refractivity contribution in [3.05, 3.63) is 0 Å². The van der Waals surface area contributed by atoms with Crippen molar-refractivity contribution in [2.24, 2.45) is 10.8 Å². The first kappa shape index (κ1) is 9.88. The lowest BCUT2D eigenvalue weighted by atomic mass is 9.51. The first-order valence-electron chi connectivity index (χ1n) is 5.53. The van der Waals surface area contributed by atoms with Crippen molar-refractivity contribution in [1.29, 1.82) is 0 Å². The molecule has 2 aliphatic carbocycles. The third kappa shape index (κ3) is 1.16. The number of carbonyl (C=O) groups is 2. The second kappa shape index (κ2) is 2.91. The Hall–Kier alpha value is -0.660. The first-order valence-corrected chi connectivity index (χ1v) is 5.53. The Kier molecular flexibility index (Phi) is 2.06. The maximum Gasteiger partial charge on any atom is 0.139 e. The third-order valence-corrected chi connectivity index (χ3v) is 4.57. The zero-order chi connectivity index (χ0) is 10.4. The highest BCUT2D eigenvalue weighted by atomic mass is 16.1. The van der Waals surface area contributed by atoms with E-state index in [4.69, 9.17) is 0 Å². The van der Waals surface area contributed by atoms with E-state index >= 15 is 0 Å². The van der Waals surface area contributed by atoms with Crippen LogP contribution < -0.4 is 0 Å². The zero-order valence-electron chi connectivity index (χ0n) is 9.06. The molecule has 2 atom stereocenters. The van der Waals surface area contributed by atoms with Crippen LogP contribution in [0.5, 0.6) is 0 Å². The smallest absolute Gasteiger partial charge is 0.139 e. The molecule has 0 amide bonds. The molecule has 0 aromatic rings. The van der Waals surface area contributed by atoms with Gasteiger partial charge in [0.25, 0.3) is 0 Å². The standard InChI is InChI=1S/C12H18O2/c1-11-6-3-4-10(14)12(11,2)7-5-9(13)8-11/h3-8H2,1-2H3. The van der Waals surface area contributed by atoms with Crippen LogP contribution in [0.2, 0.25) is 0 Å². The van der Waals surface area contributed by atoms with Gasteiger partial charge in [0.15, 0.2) is 0 Å². The van der Waals surface area contributed by atoms with Crippen LogP contribution in [-0.4, -0.2) is 11.6 Å². The maximum absolute atomic E-state index is 12.0. The van der Waals surface area contributed by atoms with E-state index in [1.54, 1.807) is 0 Å². The van der Waals surface area contributed by atoms with Gasteiger partial charge in [0, 0.05) is 24.7 Å². The highest BCUT2D eigenvalue weighted by Gasteiger charge is 2.54. The largest absolute Gasteiger partial charge is 0.300 e. The molecule has 0 bridgehead atoms. The third-order valence-electron chi connectivity index (χ3n) is 4.57. The fourth-order valence-corrected chi connectivity index (χ4v) is 3.17. The summed E-state index contributed by atoms with van der Waals surface area (Å²) < 4.78 is 0. The molecule has 2 saturated carbocycles. The van der Waals surface area contributed by atoms with Crippen molar-refractivity contribution in [3.8, 4) is 0 Å². The number of ketones is 2. The topological polar surface area (TPSA) is 34.1 Å². The molecule has 2 nitrogen and oxygen atoms in total. The molecule has 0 N–H and O–H groups in total. The minimum atomic E-state index is -0.209. The summed E-state index contributed by atoms with van der Waals surface area (Å²) in [6, 6.07) is 0. The molecular weight excluding hydrogens is 176 g/mol. The molecule has 2 fully saturated rings. The van der Waals surface area contributed by atoms with Crippen LogP contribution in [0.3, 0.4) is 0 Å². The van der Waals surface area contributed by atoms with Gasteiger partial charge in [-0.2, -0.15) is 0 Å². The van der Waals surface area contributed by atoms with E-state index in [-0.39, 0.29) is 10.8 Å². The normalized spacial score (nSPS) is 43.6. The maximum atomic E-state index is 12.0. The van der Waals surface area contributed by atoms with Gasteiger partial charge in [0.05, 0.1) is 0 Å². The fraction of sp³-hybridized carbons (Fsp3) is 0.833. The lowest BCUT2D eigenvalue weighted by molar-refractivity contribution is -0.149. The highest BCUT2D eigenvalue weighted by molar-refractivity contribution is 5.90. The lowest BCUT2D eigenvalue weighted by Crippen LogP contribution is -2.51. The molecule has 2 unspecified atom stereocenters. The van der Waals surface area contributed by atoms with Gasteiger partial charge in [-0.25, -0.2) is 0 Å². The van der Waals surface area contributed by atoms with E-state index in [1.807, 2.05) is 0 Å². The van der Waals surface area contributed by atoms with Gasteiger partial charge < -0.3 is 0 Å². The monoisotopic (exact) mass is 194 g/mol. The van der Waals surface area contributed by atoms with Crippen molar-refractivity contribution in [2.45, 2.75) is 52.4 Å². The number of carbonyl (C=O) groups excluding carboxylic acids is 2. The van der Waals surface area contributed by atoms with E-state index in [9.17, 15) is 9.59 Å². The summed E-state index contributed by atoms with van der Waals surface area (Å²) in [4.78, 5) is 23.4. The Morgan fingerprint density at radius 3 is 2.50 bits per heavy atom.